The summed E-state index contributed by atoms with van der Waals surface area (Å²) < 4.78 is 10.5. The molecule has 0 aliphatic heterocycles. The van der Waals surface area contributed by atoms with Gasteiger partial charge in [0.15, 0.2) is 5.82 Å². The van der Waals surface area contributed by atoms with Gasteiger partial charge in [-0.1, -0.05) is 0 Å². The summed E-state index contributed by atoms with van der Waals surface area (Å²) in [5, 5.41) is 0. The zero-order chi connectivity index (χ0) is 14.0. The highest BCUT2D eigenvalue weighted by Crippen LogP contribution is 2.43. The Morgan fingerprint density at radius 1 is 1.42 bits per heavy atom. The van der Waals surface area contributed by atoms with Crippen molar-refractivity contribution in [2.75, 3.05) is 19.5 Å². The third-order valence-corrected chi connectivity index (χ3v) is 3.56. The van der Waals surface area contributed by atoms with E-state index in [0.29, 0.717) is 18.1 Å². The van der Waals surface area contributed by atoms with E-state index in [1.54, 1.807) is 21.0 Å². The number of methoxy groups -OCH3 is 1. The van der Waals surface area contributed by atoms with Gasteiger partial charge in [-0.05, 0) is 33.1 Å². The van der Waals surface area contributed by atoms with Crippen LogP contribution < -0.4 is 5.73 Å². The van der Waals surface area contributed by atoms with E-state index in [-0.39, 0.29) is 11.4 Å². The van der Waals surface area contributed by atoms with Gasteiger partial charge in [0.1, 0.15) is 17.0 Å². The summed E-state index contributed by atoms with van der Waals surface area (Å²) in [7, 11) is 1.65. The van der Waals surface area contributed by atoms with Gasteiger partial charge in [0.25, 0.3) is 0 Å². The highest BCUT2D eigenvalue weighted by molar-refractivity contribution is 5.95. The molecule has 0 unspecified atom stereocenters. The second-order valence-corrected chi connectivity index (χ2v) is 4.67. The Labute approximate surface area is 112 Å². The summed E-state index contributed by atoms with van der Waals surface area (Å²) in [6.45, 7) is 3.77. The lowest BCUT2D eigenvalue weighted by Crippen LogP contribution is -2.38. The molecule has 0 radical (unpaired) electrons. The molecule has 0 aromatic carbocycles. The van der Waals surface area contributed by atoms with Gasteiger partial charge in [0, 0.05) is 7.11 Å². The fourth-order valence-electron chi connectivity index (χ4n) is 2.27. The van der Waals surface area contributed by atoms with Crippen LogP contribution in [-0.4, -0.2) is 29.7 Å². The number of ether oxygens (including phenoxy) is 2. The highest BCUT2D eigenvalue weighted by atomic mass is 16.5. The van der Waals surface area contributed by atoms with Crippen molar-refractivity contribution in [3.63, 3.8) is 0 Å². The van der Waals surface area contributed by atoms with Crippen LogP contribution >= 0.6 is 0 Å². The van der Waals surface area contributed by atoms with Crippen LogP contribution in [0.3, 0.4) is 0 Å². The quantitative estimate of drug-likeness (QED) is 0.831. The van der Waals surface area contributed by atoms with E-state index in [1.807, 2.05) is 0 Å². The molecule has 0 saturated heterocycles. The number of nitrogens with two attached hydrogens (primary N) is 1. The van der Waals surface area contributed by atoms with Crippen molar-refractivity contribution < 1.29 is 14.3 Å². The predicted octanol–water partition coefficient (Wildman–Crippen LogP) is 1.57. The van der Waals surface area contributed by atoms with Crippen molar-refractivity contribution in [3.8, 4) is 0 Å². The monoisotopic (exact) mass is 265 g/mol. The normalized spacial score (nSPS) is 16.8. The average Bonchev–Trinajstić information content (AvgIpc) is 2.27. The standard InChI is InChI=1S/C13H19N3O3/c1-4-19-11(17)9-8(2)15-12(16-10(9)14)13(18-3)6-5-7-13/h4-7H2,1-3H3,(H2,14,15,16). The Hall–Kier alpha value is -1.69. The van der Waals surface area contributed by atoms with E-state index < -0.39 is 11.6 Å². The lowest BCUT2D eigenvalue weighted by atomic mass is 9.79. The molecule has 0 atom stereocenters. The van der Waals surface area contributed by atoms with E-state index in [0.717, 1.165) is 19.3 Å². The third-order valence-electron chi connectivity index (χ3n) is 3.56. The van der Waals surface area contributed by atoms with Crippen molar-refractivity contribution in [2.24, 2.45) is 0 Å². The van der Waals surface area contributed by atoms with Gasteiger partial charge in [0.2, 0.25) is 0 Å². The number of nitrogens with zero attached hydrogens (tertiary/aromatic N) is 2. The number of hydrogen-bond acceptors (Lipinski definition) is 6. The molecule has 0 spiro atoms. The van der Waals surface area contributed by atoms with Crippen molar-refractivity contribution >= 4 is 11.8 Å². The van der Waals surface area contributed by atoms with Crippen molar-refractivity contribution in [1.29, 1.82) is 0 Å². The van der Waals surface area contributed by atoms with Crippen LogP contribution in [0.4, 0.5) is 5.82 Å². The van der Waals surface area contributed by atoms with Gasteiger partial charge >= 0.3 is 5.97 Å². The summed E-state index contributed by atoms with van der Waals surface area (Å²) >= 11 is 0. The Balaban J connectivity index is 2.39. The Morgan fingerprint density at radius 3 is 2.53 bits per heavy atom. The second-order valence-electron chi connectivity index (χ2n) is 4.67. The number of esters is 1. The van der Waals surface area contributed by atoms with E-state index >= 15 is 0 Å². The fourth-order valence-corrected chi connectivity index (χ4v) is 2.27. The van der Waals surface area contributed by atoms with Crippen molar-refractivity contribution in [1.82, 2.24) is 9.97 Å². The number of nitrogen functional groups attached to an aromatic ring is 1. The van der Waals surface area contributed by atoms with Gasteiger partial charge in [-0.15, -0.1) is 0 Å². The largest absolute Gasteiger partial charge is 0.462 e. The minimum absolute atomic E-state index is 0.157. The molecule has 1 heterocycles. The summed E-state index contributed by atoms with van der Waals surface area (Å²) in [4.78, 5) is 20.4. The zero-order valence-electron chi connectivity index (χ0n) is 11.5. The first kappa shape index (κ1) is 13.7. The molecule has 1 aromatic rings. The van der Waals surface area contributed by atoms with Gasteiger partial charge < -0.3 is 15.2 Å². The molecule has 104 valence electrons. The highest BCUT2D eigenvalue weighted by Gasteiger charge is 2.42. The Kier molecular flexibility index (Phi) is 3.71. The minimum atomic E-state index is -0.482. The molecule has 1 saturated carbocycles. The summed E-state index contributed by atoms with van der Waals surface area (Å²) in [6.07, 6.45) is 2.83. The molecule has 1 aliphatic carbocycles. The zero-order valence-corrected chi connectivity index (χ0v) is 11.5. The van der Waals surface area contributed by atoms with Crippen LogP contribution in [0.1, 0.15) is 48.1 Å². The topological polar surface area (TPSA) is 87.3 Å². The van der Waals surface area contributed by atoms with E-state index in [1.165, 1.54) is 0 Å². The van der Waals surface area contributed by atoms with Crippen LogP contribution in [-0.2, 0) is 15.1 Å². The third kappa shape index (κ3) is 2.28. The molecule has 0 bridgehead atoms. The number of carbonyl (C=O) groups excluding carboxylic acids is 1. The molecule has 6 nitrogen and oxygen atoms in total. The molecule has 19 heavy (non-hydrogen) atoms. The molecule has 2 rings (SSSR count). The maximum absolute atomic E-state index is 11.8. The first-order chi connectivity index (χ1) is 9.04. The van der Waals surface area contributed by atoms with Gasteiger partial charge in [0.05, 0.1) is 12.3 Å². The molecule has 1 aliphatic rings. The molecular weight excluding hydrogens is 246 g/mol. The molecule has 6 heteroatoms. The van der Waals surface area contributed by atoms with Crippen LogP contribution in [0.2, 0.25) is 0 Å². The summed E-state index contributed by atoms with van der Waals surface area (Å²) in [5.74, 6) is 0.234. The van der Waals surface area contributed by atoms with E-state index in [2.05, 4.69) is 9.97 Å². The molecule has 1 aromatic heterocycles. The SMILES string of the molecule is CCOC(=O)c1c(C)nc(C2(OC)CCC2)nc1N. The maximum atomic E-state index is 11.8. The fraction of sp³-hybridized carbons (Fsp3) is 0.615. The van der Waals surface area contributed by atoms with Gasteiger partial charge in [-0.2, -0.15) is 0 Å². The Bertz CT molecular complexity index is 469. The van der Waals surface area contributed by atoms with Gasteiger partial charge in [-0.3, -0.25) is 0 Å². The smallest absolute Gasteiger partial charge is 0.343 e. The second kappa shape index (κ2) is 5.13. The Morgan fingerprint density at radius 2 is 2.11 bits per heavy atom. The molecule has 1 fully saturated rings. The first-order valence-corrected chi connectivity index (χ1v) is 6.41. The number of hydrogen-bond donors (Lipinski definition) is 1. The maximum Gasteiger partial charge on any atom is 0.343 e. The summed E-state index contributed by atoms with van der Waals surface area (Å²) in [6, 6.07) is 0. The van der Waals surface area contributed by atoms with Gasteiger partial charge in [-0.25, -0.2) is 14.8 Å². The number of aryl methyl sites for hydroxylation is 1. The first-order valence-electron chi connectivity index (χ1n) is 6.41. The van der Waals surface area contributed by atoms with Crippen LogP contribution in [0.15, 0.2) is 0 Å². The number of anilines is 1. The number of rotatable bonds is 4. The van der Waals surface area contributed by atoms with E-state index in [4.69, 9.17) is 15.2 Å². The van der Waals surface area contributed by atoms with E-state index in [9.17, 15) is 4.79 Å². The van der Waals surface area contributed by atoms with Crippen LogP contribution in [0.25, 0.3) is 0 Å². The van der Waals surface area contributed by atoms with Crippen LogP contribution in [0, 0.1) is 6.92 Å². The lowest BCUT2D eigenvalue weighted by Gasteiger charge is -2.39. The molecule has 2 N–H and O–H groups in total. The number of aromatic nitrogens is 2. The van der Waals surface area contributed by atoms with Crippen LogP contribution in [0.5, 0.6) is 0 Å². The van der Waals surface area contributed by atoms with Crippen molar-refractivity contribution in [2.45, 2.75) is 38.7 Å². The minimum Gasteiger partial charge on any atom is -0.462 e. The summed E-state index contributed by atoms with van der Waals surface area (Å²) in [5.41, 5.74) is 6.22. The lowest BCUT2D eigenvalue weighted by molar-refractivity contribution is -0.0846. The molecular formula is C13H19N3O3. The molecule has 0 amide bonds. The number of carbonyl (C=O) groups is 1. The predicted molar refractivity (Wildman–Crippen MR) is 69.7 cm³/mol. The van der Waals surface area contributed by atoms with Crippen molar-refractivity contribution in [3.05, 3.63) is 17.1 Å². The average molecular weight is 265 g/mol.